The lowest BCUT2D eigenvalue weighted by Gasteiger charge is -2.64. The van der Waals surface area contributed by atoms with E-state index in [0.29, 0.717) is 11.3 Å². The molecule has 2 saturated heterocycles. The molecule has 3 N–H and O–H groups in total. The number of carbonyl (C=O) groups excluding carboxylic acids is 2. The Morgan fingerprint density at radius 3 is 1.90 bits per heavy atom. The maximum Gasteiger partial charge on any atom is 0.335 e. The number of hydrogen-bond acceptors (Lipinski definition) is 11. The Hall–Kier alpha value is -2.67. The van der Waals surface area contributed by atoms with Crippen LogP contribution >= 0.6 is 0 Å². The van der Waals surface area contributed by atoms with Gasteiger partial charge in [0.25, 0.3) is 0 Å². The van der Waals surface area contributed by atoms with Crippen LogP contribution in [0.3, 0.4) is 0 Å². The average Bonchev–Trinajstić information content (AvgIpc) is 3.27. The Balaban J connectivity index is 1.60. The standard InChI is InChI=1S/C37H55NO11Si2/c1-23(2)50(24(3)4)47-34-35(48-51(49-50,25(5)6)26(7)8)37(43,22-45-31(40)19-27-15-17-29(44-9)18-16-27)33(42)32(41)36(34)20-30(39)38(36)46-21-28-13-11-10-12-14-28/h10-18,23-26,32-35,41-43H,19-22H2,1-9H3/t32-,33+,34+,35-,36+,37-/m0/s1. The molecule has 1 aliphatic carbocycles. The third-order valence-corrected chi connectivity index (χ3v) is 21.2. The van der Waals surface area contributed by atoms with Crippen molar-refractivity contribution in [3.63, 3.8) is 0 Å². The third kappa shape index (κ3) is 6.83. The quantitative estimate of drug-likeness (QED) is 0.158. The van der Waals surface area contributed by atoms with E-state index in [2.05, 4.69) is 0 Å². The first-order valence-corrected chi connectivity index (χ1v) is 21.9. The number of methoxy groups -OCH3 is 1. The third-order valence-electron chi connectivity index (χ3n) is 11.0. The Kier molecular flexibility index (Phi) is 11.6. The maximum absolute atomic E-state index is 13.5. The SMILES string of the molecule is COc1ccc(CC(=O)OC[C@]2(O)[C@H](O)[C@H](O)[C@]3(CC(=O)N3OCc3ccccc3)[C@@H]3O[Si](C(C)C)(C(C)C)O[Si](C(C)C)(C(C)C)O[C@@H]32)cc1. The summed E-state index contributed by atoms with van der Waals surface area (Å²) in [6.07, 6.45) is -6.68. The van der Waals surface area contributed by atoms with Gasteiger partial charge >= 0.3 is 23.1 Å². The van der Waals surface area contributed by atoms with Gasteiger partial charge in [0.2, 0.25) is 5.91 Å². The molecule has 2 aromatic rings. The molecular formula is C37H55NO11Si2. The Bertz CT molecular complexity index is 1510. The number of amides is 1. The highest BCUT2D eigenvalue weighted by atomic mass is 28.5. The van der Waals surface area contributed by atoms with Crippen molar-refractivity contribution in [1.82, 2.24) is 5.06 Å². The molecule has 0 bridgehead atoms. The van der Waals surface area contributed by atoms with Crippen LogP contribution in [0.15, 0.2) is 54.6 Å². The molecule has 6 atom stereocenters. The number of β-lactam (4-membered cyclic amide) rings is 1. The van der Waals surface area contributed by atoms with E-state index in [1.165, 1.54) is 0 Å². The van der Waals surface area contributed by atoms with Crippen molar-refractivity contribution in [1.29, 1.82) is 0 Å². The number of esters is 1. The lowest BCUT2D eigenvalue weighted by Crippen LogP contribution is -2.87. The number of aliphatic hydroxyl groups excluding tert-OH is 2. The van der Waals surface area contributed by atoms with Gasteiger partial charge < -0.3 is 37.8 Å². The van der Waals surface area contributed by atoms with E-state index < -0.39 is 71.2 Å². The van der Waals surface area contributed by atoms with Crippen LogP contribution in [0.5, 0.6) is 5.75 Å². The molecule has 1 saturated carbocycles. The van der Waals surface area contributed by atoms with Gasteiger partial charge in [0, 0.05) is 0 Å². The van der Waals surface area contributed by atoms with Crippen molar-refractivity contribution in [3.05, 3.63) is 65.7 Å². The van der Waals surface area contributed by atoms with Crippen LogP contribution in [0.2, 0.25) is 22.2 Å². The molecule has 3 fully saturated rings. The van der Waals surface area contributed by atoms with Crippen molar-refractivity contribution in [2.24, 2.45) is 0 Å². The highest BCUT2D eigenvalue weighted by Crippen LogP contribution is 2.57. The molecule has 0 unspecified atom stereocenters. The zero-order valence-corrected chi connectivity index (χ0v) is 33.2. The molecule has 2 heterocycles. The van der Waals surface area contributed by atoms with E-state index in [-0.39, 0.29) is 41.6 Å². The van der Waals surface area contributed by atoms with Gasteiger partial charge in [0.05, 0.1) is 20.0 Å². The number of rotatable bonds is 12. The van der Waals surface area contributed by atoms with Crippen LogP contribution in [0.1, 0.15) is 72.9 Å². The number of nitrogens with zero attached hydrogens (tertiary/aromatic N) is 1. The molecule has 1 spiro atoms. The van der Waals surface area contributed by atoms with Gasteiger partial charge in [0.1, 0.15) is 48.9 Å². The molecule has 2 aromatic carbocycles. The molecule has 0 aromatic heterocycles. The fourth-order valence-corrected chi connectivity index (χ4v) is 19.3. The van der Waals surface area contributed by atoms with Crippen LogP contribution in [0.25, 0.3) is 0 Å². The van der Waals surface area contributed by atoms with E-state index in [0.717, 1.165) is 10.6 Å². The van der Waals surface area contributed by atoms with Crippen LogP contribution < -0.4 is 4.74 Å². The molecule has 12 nitrogen and oxygen atoms in total. The summed E-state index contributed by atoms with van der Waals surface area (Å²) in [4.78, 5) is 32.9. The average molecular weight is 746 g/mol. The van der Waals surface area contributed by atoms with Crippen molar-refractivity contribution in [2.75, 3.05) is 13.7 Å². The summed E-state index contributed by atoms with van der Waals surface area (Å²) in [7, 11) is -5.21. The maximum atomic E-state index is 13.5. The zero-order valence-electron chi connectivity index (χ0n) is 31.2. The topological polar surface area (TPSA) is 153 Å². The highest BCUT2D eigenvalue weighted by molar-refractivity contribution is 6.84. The highest BCUT2D eigenvalue weighted by Gasteiger charge is 2.78. The van der Waals surface area contributed by atoms with Gasteiger partial charge in [-0.2, -0.15) is 0 Å². The van der Waals surface area contributed by atoms with Crippen LogP contribution in [0.4, 0.5) is 0 Å². The minimum Gasteiger partial charge on any atom is -0.497 e. The van der Waals surface area contributed by atoms with Gasteiger partial charge in [-0.3, -0.25) is 14.4 Å². The van der Waals surface area contributed by atoms with Crippen molar-refractivity contribution in [2.45, 2.75) is 133 Å². The molecule has 0 radical (unpaired) electrons. The first-order valence-electron chi connectivity index (χ1n) is 17.9. The summed E-state index contributed by atoms with van der Waals surface area (Å²) >= 11 is 0. The van der Waals surface area contributed by atoms with Crippen LogP contribution in [0, 0.1) is 0 Å². The number of hydrogen-bond donors (Lipinski definition) is 3. The van der Waals surface area contributed by atoms with E-state index in [1.807, 2.05) is 85.7 Å². The Labute approximate surface area is 303 Å². The molecule has 3 aliphatic rings. The summed E-state index contributed by atoms with van der Waals surface area (Å²) in [5, 5.41) is 38.0. The van der Waals surface area contributed by atoms with Gasteiger partial charge in [-0.25, -0.2) is 5.06 Å². The minimum absolute atomic E-state index is 0.00668. The molecule has 1 amide bonds. The van der Waals surface area contributed by atoms with E-state index in [4.69, 9.17) is 27.3 Å². The first-order chi connectivity index (χ1) is 24.0. The summed E-state index contributed by atoms with van der Waals surface area (Å²) < 4.78 is 32.7. The molecule has 51 heavy (non-hydrogen) atoms. The lowest BCUT2D eigenvalue weighted by molar-refractivity contribution is -0.352. The Morgan fingerprint density at radius 2 is 1.39 bits per heavy atom. The predicted molar refractivity (Wildman–Crippen MR) is 193 cm³/mol. The van der Waals surface area contributed by atoms with E-state index in [1.54, 1.807) is 31.4 Å². The summed E-state index contributed by atoms with van der Waals surface area (Å²) in [6, 6.07) is 16.2. The summed E-state index contributed by atoms with van der Waals surface area (Å²) in [5.41, 5.74) is -3.08. The fraction of sp³-hybridized carbons (Fsp3) is 0.622. The van der Waals surface area contributed by atoms with Crippen molar-refractivity contribution < 1.29 is 52.2 Å². The molecule has 5 rings (SSSR count). The zero-order chi connectivity index (χ0) is 37.5. The van der Waals surface area contributed by atoms with E-state index in [9.17, 15) is 24.9 Å². The second-order valence-corrected chi connectivity index (χ2v) is 24.2. The van der Waals surface area contributed by atoms with Gasteiger partial charge in [-0.1, -0.05) is 97.9 Å². The summed E-state index contributed by atoms with van der Waals surface area (Å²) in [5.74, 6) is -0.442. The monoisotopic (exact) mass is 745 g/mol. The lowest BCUT2D eigenvalue weighted by atomic mass is 9.62. The van der Waals surface area contributed by atoms with Gasteiger partial charge in [-0.15, -0.1) is 0 Å². The van der Waals surface area contributed by atoms with Crippen molar-refractivity contribution >= 4 is 29.0 Å². The number of ether oxygens (including phenoxy) is 2. The molecule has 2 aliphatic heterocycles. The normalized spacial score (nSPS) is 30.0. The number of hydroxylamine groups is 2. The minimum atomic E-state index is -3.40. The second-order valence-electron chi connectivity index (χ2n) is 15.4. The van der Waals surface area contributed by atoms with E-state index >= 15 is 0 Å². The van der Waals surface area contributed by atoms with Gasteiger partial charge in [-0.05, 0) is 45.4 Å². The smallest absolute Gasteiger partial charge is 0.335 e. The Morgan fingerprint density at radius 1 is 0.843 bits per heavy atom. The van der Waals surface area contributed by atoms with Gasteiger partial charge in [0.15, 0.2) is 5.60 Å². The first kappa shape index (κ1) is 39.5. The predicted octanol–water partition coefficient (Wildman–Crippen LogP) is 4.68. The largest absolute Gasteiger partial charge is 0.497 e. The number of aliphatic hydroxyl groups is 3. The fourth-order valence-electron chi connectivity index (χ4n) is 7.98. The second kappa shape index (κ2) is 15.0. The molecule has 14 heteroatoms. The van der Waals surface area contributed by atoms with Crippen LogP contribution in [-0.2, 0) is 45.2 Å². The molecular weight excluding hydrogens is 691 g/mol. The van der Waals surface area contributed by atoms with Crippen molar-refractivity contribution in [3.8, 4) is 5.75 Å². The molecule has 282 valence electrons. The van der Waals surface area contributed by atoms with Crippen LogP contribution in [-0.4, -0.2) is 98.7 Å². The number of fused-ring (bicyclic) bond motifs is 2. The number of carbonyl (C=O) groups is 2. The number of benzene rings is 2. The summed E-state index contributed by atoms with van der Waals surface area (Å²) in [6.45, 7) is 15.5.